The molecule has 3 rings (SSSR count). The zero-order valence-corrected chi connectivity index (χ0v) is 14.8. The summed E-state index contributed by atoms with van der Waals surface area (Å²) in [4.78, 5) is 26.6. The third kappa shape index (κ3) is 5.54. The van der Waals surface area contributed by atoms with E-state index in [1.807, 2.05) is 6.07 Å². The Bertz CT molecular complexity index is 610. The molecule has 0 unspecified atom stereocenters. The smallest absolute Gasteiger partial charge is 0.251 e. The van der Waals surface area contributed by atoms with Gasteiger partial charge in [-0.25, -0.2) is 0 Å². The molecule has 0 radical (unpaired) electrons. The van der Waals surface area contributed by atoms with Crippen LogP contribution in [0.4, 0.5) is 5.69 Å². The van der Waals surface area contributed by atoms with Gasteiger partial charge in [0, 0.05) is 43.3 Å². The van der Waals surface area contributed by atoms with Gasteiger partial charge in [0.2, 0.25) is 5.91 Å². The van der Waals surface area contributed by atoms with E-state index in [0.29, 0.717) is 23.7 Å². The minimum Gasteiger partial charge on any atom is -0.379 e. The molecule has 1 aliphatic heterocycles. The van der Waals surface area contributed by atoms with Crippen LogP contribution in [-0.2, 0) is 9.53 Å². The van der Waals surface area contributed by atoms with Crippen LogP contribution in [0, 0.1) is 11.8 Å². The molecule has 1 aliphatic carbocycles. The molecule has 1 aromatic carbocycles. The lowest BCUT2D eigenvalue weighted by Crippen LogP contribution is -2.41. The summed E-state index contributed by atoms with van der Waals surface area (Å²) >= 11 is 0. The average molecular weight is 345 g/mol. The summed E-state index contributed by atoms with van der Waals surface area (Å²) in [6.45, 7) is 7.23. The molecule has 1 heterocycles. The Balaban J connectivity index is 1.46. The lowest BCUT2D eigenvalue weighted by atomic mass is 10.1. The summed E-state index contributed by atoms with van der Waals surface area (Å²) < 4.78 is 5.35. The molecule has 1 aromatic rings. The fourth-order valence-electron chi connectivity index (χ4n) is 2.99. The monoisotopic (exact) mass is 345 g/mol. The van der Waals surface area contributed by atoms with E-state index in [0.717, 1.165) is 45.7 Å². The van der Waals surface area contributed by atoms with Gasteiger partial charge in [-0.05, 0) is 37.0 Å². The average Bonchev–Trinajstić information content (AvgIpc) is 3.46. The van der Waals surface area contributed by atoms with Gasteiger partial charge in [0.05, 0.1) is 13.2 Å². The number of carbonyl (C=O) groups excluding carboxylic acids is 2. The highest BCUT2D eigenvalue weighted by Gasteiger charge is 2.29. The van der Waals surface area contributed by atoms with Crippen LogP contribution < -0.4 is 10.6 Å². The molecule has 1 atom stereocenters. The van der Waals surface area contributed by atoms with Crippen LogP contribution in [0.1, 0.15) is 30.1 Å². The highest BCUT2D eigenvalue weighted by molar-refractivity contribution is 5.98. The number of morpholine rings is 1. The third-order valence-corrected chi connectivity index (χ3v) is 4.63. The second-order valence-electron chi connectivity index (χ2n) is 7.07. The van der Waals surface area contributed by atoms with Crippen LogP contribution >= 0.6 is 0 Å². The lowest BCUT2D eigenvalue weighted by molar-refractivity contribution is -0.117. The normalized spacial score (nSPS) is 19.2. The van der Waals surface area contributed by atoms with Crippen LogP contribution in [0.2, 0.25) is 0 Å². The minimum absolute atomic E-state index is 0.0525. The van der Waals surface area contributed by atoms with Crippen LogP contribution in [0.15, 0.2) is 24.3 Å². The molecule has 1 saturated heterocycles. The van der Waals surface area contributed by atoms with Gasteiger partial charge >= 0.3 is 0 Å². The summed E-state index contributed by atoms with van der Waals surface area (Å²) in [7, 11) is 0. The molecule has 2 aliphatic rings. The Labute approximate surface area is 148 Å². The third-order valence-electron chi connectivity index (χ3n) is 4.63. The van der Waals surface area contributed by atoms with Crippen molar-refractivity contribution in [2.45, 2.75) is 19.8 Å². The van der Waals surface area contributed by atoms with Crippen molar-refractivity contribution in [2.75, 3.05) is 44.7 Å². The second-order valence-corrected chi connectivity index (χ2v) is 7.07. The van der Waals surface area contributed by atoms with Crippen molar-refractivity contribution in [1.29, 1.82) is 0 Å². The molecule has 2 fully saturated rings. The van der Waals surface area contributed by atoms with E-state index in [-0.39, 0.29) is 17.7 Å². The number of nitrogens with one attached hydrogen (secondary N) is 2. The van der Waals surface area contributed by atoms with Crippen LogP contribution in [0.3, 0.4) is 0 Å². The number of ether oxygens (including phenoxy) is 1. The zero-order chi connectivity index (χ0) is 17.6. The minimum atomic E-state index is -0.101. The number of amides is 2. The first kappa shape index (κ1) is 17.9. The molecule has 2 N–H and O–H groups in total. The summed E-state index contributed by atoms with van der Waals surface area (Å²) in [6, 6.07) is 7.13. The Morgan fingerprint density at radius 1 is 1.28 bits per heavy atom. The Hall–Kier alpha value is -1.92. The van der Waals surface area contributed by atoms with E-state index in [4.69, 9.17) is 4.74 Å². The van der Waals surface area contributed by atoms with Gasteiger partial charge in [-0.3, -0.25) is 14.5 Å². The number of hydrogen-bond acceptors (Lipinski definition) is 4. The quantitative estimate of drug-likeness (QED) is 0.790. The SMILES string of the molecule is C[C@H](CNC(=O)c1cccc(NC(=O)C2CC2)c1)CN1CCOCC1. The van der Waals surface area contributed by atoms with Crippen molar-refractivity contribution in [2.24, 2.45) is 11.8 Å². The number of nitrogens with zero attached hydrogens (tertiary/aromatic N) is 1. The second kappa shape index (κ2) is 8.45. The van der Waals surface area contributed by atoms with E-state index in [2.05, 4.69) is 22.5 Å². The van der Waals surface area contributed by atoms with Gasteiger partial charge in [0.1, 0.15) is 0 Å². The van der Waals surface area contributed by atoms with Gasteiger partial charge in [0.15, 0.2) is 0 Å². The van der Waals surface area contributed by atoms with E-state index in [1.165, 1.54) is 0 Å². The number of anilines is 1. The van der Waals surface area contributed by atoms with E-state index < -0.39 is 0 Å². The number of hydrogen-bond donors (Lipinski definition) is 2. The predicted octanol–water partition coefficient (Wildman–Crippen LogP) is 1.73. The molecule has 136 valence electrons. The van der Waals surface area contributed by atoms with E-state index in [1.54, 1.807) is 18.2 Å². The lowest BCUT2D eigenvalue weighted by Gasteiger charge is -2.29. The largest absolute Gasteiger partial charge is 0.379 e. The molecule has 2 amide bonds. The molecule has 0 spiro atoms. The molecule has 1 saturated carbocycles. The first-order chi connectivity index (χ1) is 12.1. The zero-order valence-electron chi connectivity index (χ0n) is 14.8. The van der Waals surface area contributed by atoms with Crippen LogP contribution in [0.5, 0.6) is 0 Å². The number of benzene rings is 1. The van der Waals surface area contributed by atoms with Crippen molar-refractivity contribution < 1.29 is 14.3 Å². The summed E-state index contributed by atoms with van der Waals surface area (Å²) in [5, 5.41) is 5.88. The van der Waals surface area contributed by atoms with Gasteiger partial charge in [-0.1, -0.05) is 13.0 Å². The van der Waals surface area contributed by atoms with E-state index >= 15 is 0 Å². The van der Waals surface area contributed by atoms with Crippen LogP contribution in [-0.4, -0.2) is 56.1 Å². The van der Waals surface area contributed by atoms with Crippen molar-refractivity contribution in [1.82, 2.24) is 10.2 Å². The van der Waals surface area contributed by atoms with Gasteiger partial charge in [-0.15, -0.1) is 0 Å². The van der Waals surface area contributed by atoms with Crippen molar-refractivity contribution in [3.05, 3.63) is 29.8 Å². The number of carbonyl (C=O) groups is 2. The summed E-state index contributed by atoms with van der Waals surface area (Å²) in [6.07, 6.45) is 1.93. The highest BCUT2D eigenvalue weighted by Crippen LogP contribution is 2.30. The topological polar surface area (TPSA) is 70.7 Å². The molecule has 0 bridgehead atoms. The maximum absolute atomic E-state index is 12.4. The molecule has 6 heteroatoms. The van der Waals surface area contributed by atoms with Gasteiger partial charge < -0.3 is 15.4 Å². The summed E-state index contributed by atoms with van der Waals surface area (Å²) in [5.74, 6) is 0.478. The highest BCUT2D eigenvalue weighted by atomic mass is 16.5. The van der Waals surface area contributed by atoms with Crippen LogP contribution in [0.25, 0.3) is 0 Å². The maximum Gasteiger partial charge on any atom is 0.251 e. The standard InChI is InChI=1S/C19H27N3O3/c1-14(13-22-7-9-25-10-8-22)12-20-18(23)16-3-2-4-17(11-16)21-19(24)15-5-6-15/h2-4,11,14-15H,5-10,12-13H2,1H3,(H,20,23)(H,21,24)/t14-/m1/s1. The van der Waals surface area contributed by atoms with Gasteiger partial charge in [-0.2, -0.15) is 0 Å². The fourth-order valence-corrected chi connectivity index (χ4v) is 2.99. The van der Waals surface area contributed by atoms with Crippen molar-refractivity contribution >= 4 is 17.5 Å². The predicted molar refractivity (Wildman–Crippen MR) is 96.6 cm³/mol. The van der Waals surface area contributed by atoms with E-state index in [9.17, 15) is 9.59 Å². The molecule has 25 heavy (non-hydrogen) atoms. The molecular weight excluding hydrogens is 318 g/mol. The Kier molecular flexibility index (Phi) is 6.04. The Morgan fingerprint density at radius 3 is 2.76 bits per heavy atom. The van der Waals surface area contributed by atoms with Crippen molar-refractivity contribution in [3.8, 4) is 0 Å². The Morgan fingerprint density at radius 2 is 2.04 bits per heavy atom. The van der Waals surface area contributed by atoms with Gasteiger partial charge in [0.25, 0.3) is 5.91 Å². The first-order valence-electron chi connectivity index (χ1n) is 9.11. The molecule has 6 nitrogen and oxygen atoms in total. The summed E-state index contributed by atoms with van der Waals surface area (Å²) in [5.41, 5.74) is 1.26. The molecule has 0 aromatic heterocycles. The first-order valence-corrected chi connectivity index (χ1v) is 9.11. The fraction of sp³-hybridized carbons (Fsp3) is 0.579. The maximum atomic E-state index is 12.4. The number of rotatable bonds is 7. The van der Waals surface area contributed by atoms with Crippen molar-refractivity contribution in [3.63, 3.8) is 0 Å². The molecular formula is C19H27N3O3.